The number of anilines is 1. The van der Waals surface area contributed by atoms with E-state index in [-0.39, 0.29) is 18.9 Å². The lowest BCUT2D eigenvalue weighted by molar-refractivity contribution is 0.185. The van der Waals surface area contributed by atoms with E-state index in [1.807, 2.05) is 12.1 Å². The summed E-state index contributed by atoms with van der Waals surface area (Å²) in [6, 6.07) is 10.1. The van der Waals surface area contributed by atoms with Crippen molar-refractivity contribution in [2.45, 2.75) is 6.61 Å². The standard InChI is InChI=1S/C17H18F2N2O3/c1-23-11-12-4-2-3-5-16(12)21-17(22)20-8-9-24-13-6-7-14(18)15(19)10-13/h2-7,10H,8-9,11H2,1H3,(H2,20,21,22). The molecule has 128 valence electrons. The summed E-state index contributed by atoms with van der Waals surface area (Å²) >= 11 is 0. The Kier molecular flexibility index (Phi) is 6.51. The van der Waals surface area contributed by atoms with Gasteiger partial charge < -0.3 is 20.1 Å². The SMILES string of the molecule is COCc1ccccc1NC(=O)NCCOc1ccc(F)c(F)c1. The van der Waals surface area contributed by atoms with Crippen molar-refractivity contribution in [3.63, 3.8) is 0 Å². The molecule has 24 heavy (non-hydrogen) atoms. The first-order valence-corrected chi connectivity index (χ1v) is 7.29. The molecule has 0 unspecified atom stereocenters. The minimum absolute atomic E-state index is 0.123. The van der Waals surface area contributed by atoms with Gasteiger partial charge in [-0.1, -0.05) is 18.2 Å². The lowest BCUT2D eigenvalue weighted by Gasteiger charge is -2.12. The fourth-order valence-corrected chi connectivity index (χ4v) is 1.99. The number of hydrogen-bond acceptors (Lipinski definition) is 3. The Morgan fingerprint density at radius 1 is 1.12 bits per heavy atom. The van der Waals surface area contributed by atoms with Crippen molar-refractivity contribution in [2.24, 2.45) is 0 Å². The molecule has 0 heterocycles. The Labute approximate surface area is 138 Å². The van der Waals surface area contributed by atoms with Gasteiger partial charge in [0.25, 0.3) is 0 Å². The van der Waals surface area contributed by atoms with Gasteiger partial charge in [0.05, 0.1) is 13.2 Å². The summed E-state index contributed by atoms with van der Waals surface area (Å²) in [6.07, 6.45) is 0. The third-order valence-electron chi connectivity index (χ3n) is 3.11. The van der Waals surface area contributed by atoms with Crippen molar-refractivity contribution in [1.82, 2.24) is 5.32 Å². The molecule has 0 spiro atoms. The number of methoxy groups -OCH3 is 1. The number of halogens is 2. The van der Waals surface area contributed by atoms with Crippen LogP contribution in [0.25, 0.3) is 0 Å². The average molecular weight is 336 g/mol. The van der Waals surface area contributed by atoms with Crippen LogP contribution in [-0.4, -0.2) is 26.3 Å². The van der Waals surface area contributed by atoms with E-state index in [9.17, 15) is 13.6 Å². The number of rotatable bonds is 7. The third kappa shape index (κ3) is 5.20. The van der Waals surface area contributed by atoms with Gasteiger partial charge in [0.15, 0.2) is 11.6 Å². The first-order chi connectivity index (χ1) is 11.6. The number of carbonyl (C=O) groups excluding carboxylic acids is 1. The summed E-state index contributed by atoms with van der Waals surface area (Å²) in [4.78, 5) is 11.9. The normalized spacial score (nSPS) is 10.3. The summed E-state index contributed by atoms with van der Waals surface area (Å²) in [5.74, 6) is -1.72. The molecule has 0 bridgehead atoms. The number of carbonyl (C=O) groups is 1. The lowest BCUT2D eigenvalue weighted by Crippen LogP contribution is -2.32. The van der Waals surface area contributed by atoms with Gasteiger partial charge in [-0.25, -0.2) is 13.6 Å². The van der Waals surface area contributed by atoms with Crippen LogP contribution >= 0.6 is 0 Å². The van der Waals surface area contributed by atoms with Gasteiger partial charge >= 0.3 is 6.03 Å². The smallest absolute Gasteiger partial charge is 0.319 e. The molecular formula is C17H18F2N2O3. The number of benzene rings is 2. The van der Waals surface area contributed by atoms with Gasteiger partial charge in [0.1, 0.15) is 12.4 Å². The number of hydrogen-bond donors (Lipinski definition) is 2. The maximum absolute atomic E-state index is 13.0. The van der Waals surface area contributed by atoms with Crippen LogP contribution < -0.4 is 15.4 Å². The summed E-state index contributed by atoms with van der Waals surface area (Å²) in [7, 11) is 1.58. The number of nitrogens with one attached hydrogen (secondary N) is 2. The molecule has 7 heteroatoms. The average Bonchev–Trinajstić information content (AvgIpc) is 2.57. The highest BCUT2D eigenvalue weighted by Crippen LogP contribution is 2.16. The predicted molar refractivity (Wildman–Crippen MR) is 86.0 cm³/mol. The van der Waals surface area contributed by atoms with E-state index < -0.39 is 17.7 Å². The molecule has 2 rings (SSSR count). The molecule has 0 aliphatic rings. The van der Waals surface area contributed by atoms with Crippen LogP contribution in [0.3, 0.4) is 0 Å². The Bertz CT molecular complexity index is 695. The molecule has 0 fully saturated rings. The fraction of sp³-hybridized carbons (Fsp3) is 0.235. The quantitative estimate of drug-likeness (QED) is 0.763. The van der Waals surface area contributed by atoms with Crippen LogP contribution in [0, 0.1) is 11.6 Å². The fourth-order valence-electron chi connectivity index (χ4n) is 1.99. The largest absolute Gasteiger partial charge is 0.492 e. The minimum atomic E-state index is -0.979. The van der Waals surface area contributed by atoms with E-state index in [0.29, 0.717) is 12.3 Å². The summed E-state index contributed by atoms with van der Waals surface area (Å²) < 4.78 is 36.1. The van der Waals surface area contributed by atoms with Crippen LogP contribution in [0.4, 0.5) is 19.3 Å². The van der Waals surface area contributed by atoms with E-state index in [1.54, 1.807) is 19.2 Å². The Balaban J connectivity index is 1.76. The van der Waals surface area contributed by atoms with Gasteiger partial charge in [-0.2, -0.15) is 0 Å². The highest BCUT2D eigenvalue weighted by atomic mass is 19.2. The molecule has 0 saturated carbocycles. The molecule has 0 aliphatic carbocycles. The summed E-state index contributed by atoms with van der Waals surface area (Å²) in [5.41, 5.74) is 1.51. The van der Waals surface area contributed by atoms with Crippen molar-refractivity contribution in [2.75, 3.05) is 25.6 Å². The van der Waals surface area contributed by atoms with Crippen molar-refractivity contribution < 1.29 is 23.0 Å². The molecule has 2 amide bonds. The first kappa shape index (κ1) is 17.7. The van der Waals surface area contributed by atoms with Crippen molar-refractivity contribution in [1.29, 1.82) is 0 Å². The third-order valence-corrected chi connectivity index (χ3v) is 3.11. The van der Waals surface area contributed by atoms with Crippen LogP contribution in [0.2, 0.25) is 0 Å². The number of amides is 2. The zero-order valence-electron chi connectivity index (χ0n) is 13.1. The van der Waals surface area contributed by atoms with Crippen LogP contribution in [-0.2, 0) is 11.3 Å². The molecule has 2 aromatic rings. The van der Waals surface area contributed by atoms with Crippen molar-refractivity contribution in [3.05, 3.63) is 59.7 Å². The molecule has 5 nitrogen and oxygen atoms in total. The first-order valence-electron chi connectivity index (χ1n) is 7.29. The zero-order valence-corrected chi connectivity index (χ0v) is 13.1. The molecule has 0 saturated heterocycles. The zero-order chi connectivity index (χ0) is 17.4. The highest BCUT2D eigenvalue weighted by Gasteiger charge is 2.06. The van der Waals surface area contributed by atoms with E-state index in [4.69, 9.17) is 9.47 Å². The van der Waals surface area contributed by atoms with Crippen molar-refractivity contribution >= 4 is 11.7 Å². The predicted octanol–water partition coefficient (Wildman–Crippen LogP) is 3.31. The molecule has 0 atom stereocenters. The van der Waals surface area contributed by atoms with Gasteiger partial charge in [-0.3, -0.25) is 0 Å². The Morgan fingerprint density at radius 2 is 1.92 bits per heavy atom. The van der Waals surface area contributed by atoms with E-state index in [0.717, 1.165) is 17.7 Å². The number of urea groups is 1. The van der Waals surface area contributed by atoms with Gasteiger partial charge in [-0.05, 0) is 18.2 Å². The van der Waals surface area contributed by atoms with E-state index >= 15 is 0 Å². The van der Waals surface area contributed by atoms with Crippen molar-refractivity contribution in [3.8, 4) is 5.75 Å². The second-order valence-electron chi connectivity index (χ2n) is 4.90. The maximum Gasteiger partial charge on any atom is 0.319 e. The van der Waals surface area contributed by atoms with E-state index in [1.165, 1.54) is 6.07 Å². The lowest BCUT2D eigenvalue weighted by atomic mass is 10.2. The summed E-state index contributed by atoms with van der Waals surface area (Å²) in [6.45, 7) is 0.713. The van der Waals surface area contributed by atoms with Crippen LogP contribution in [0.5, 0.6) is 5.75 Å². The Morgan fingerprint density at radius 3 is 2.67 bits per heavy atom. The van der Waals surface area contributed by atoms with Gasteiger partial charge in [0, 0.05) is 24.4 Å². The molecule has 0 radical (unpaired) electrons. The van der Waals surface area contributed by atoms with Crippen LogP contribution in [0.1, 0.15) is 5.56 Å². The minimum Gasteiger partial charge on any atom is -0.492 e. The van der Waals surface area contributed by atoms with Crippen LogP contribution in [0.15, 0.2) is 42.5 Å². The topological polar surface area (TPSA) is 59.6 Å². The maximum atomic E-state index is 13.0. The van der Waals surface area contributed by atoms with E-state index in [2.05, 4.69) is 10.6 Å². The van der Waals surface area contributed by atoms with Gasteiger partial charge in [0.2, 0.25) is 0 Å². The number of ether oxygens (including phenoxy) is 2. The monoisotopic (exact) mass is 336 g/mol. The molecule has 0 aromatic heterocycles. The molecule has 2 N–H and O–H groups in total. The molecular weight excluding hydrogens is 318 g/mol. The second kappa shape index (κ2) is 8.83. The molecule has 2 aromatic carbocycles. The molecule has 0 aliphatic heterocycles. The highest BCUT2D eigenvalue weighted by molar-refractivity contribution is 5.90. The summed E-state index contributed by atoms with van der Waals surface area (Å²) in [5, 5.41) is 5.33. The van der Waals surface area contributed by atoms with Gasteiger partial charge in [-0.15, -0.1) is 0 Å². The Hall–Kier alpha value is -2.67. The number of para-hydroxylation sites is 1. The second-order valence-corrected chi connectivity index (χ2v) is 4.90.